The molecule has 1 heterocycles. The van der Waals surface area contributed by atoms with Gasteiger partial charge in [-0.15, -0.1) is 0 Å². The minimum Gasteiger partial charge on any atom is -0.319 e. The molecule has 1 aliphatic heterocycles. The van der Waals surface area contributed by atoms with Crippen LogP contribution in [0.15, 0.2) is 59.8 Å². The summed E-state index contributed by atoms with van der Waals surface area (Å²) in [5.74, 6) is 0. The molecular weight excluding hydrogens is 232 g/mol. The second-order valence-corrected chi connectivity index (χ2v) is 5.10. The van der Waals surface area contributed by atoms with E-state index < -0.39 is 0 Å². The van der Waals surface area contributed by atoms with Crippen LogP contribution in [0.25, 0.3) is 6.08 Å². The highest BCUT2D eigenvalue weighted by Crippen LogP contribution is 2.21. The van der Waals surface area contributed by atoms with Crippen molar-refractivity contribution in [2.75, 3.05) is 13.1 Å². The molecule has 1 aromatic carbocycles. The van der Waals surface area contributed by atoms with Crippen molar-refractivity contribution >= 4 is 6.08 Å². The first-order valence-corrected chi connectivity index (χ1v) is 7.06. The van der Waals surface area contributed by atoms with Crippen LogP contribution in [0.4, 0.5) is 0 Å². The summed E-state index contributed by atoms with van der Waals surface area (Å²) in [5.41, 5.74) is 7.43. The molecule has 0 atom stereocenters. The van der Waals surface area contributed by atoms with Crippen molar-refractivity contribution in [3.63, 3.8) is 0 Å². The number of nitrogens with one attached hydrogen (secondary N) is 1. The van der Waals surface area contributed by atoms with Gasteiger partial charge in [0, 0.05) is 13.1 Å². The van der Waals surface area contributed by atoms with Gasteiger partial charge in [-0.05, 0) is 42.6 Å². The first-order valence-electron chi connectivity index (χ1n) is 7.06. The minimum atomic E-state index is 1.00. The van der Waals surface area contributed by atoms with Crippen LogP contribution in [-0.4, -0.2) is 18.1 Å². The van der Waals surface area contributed by atoms with Gasteiger partial charge >= 0.3 is 0 Å². The Hall–Kier alpha value is -1.80. The SMILES string of the molecule is C1=CCC(=Cc2ccccc2)C(NN2CCCC2)=C1. The van der Waals surface area contributed by atoms with E-state index in [2.05, 4.69) is 65.1 Å². The summed E-state index contributed by atoms with van der Waals surface area (Å²) < 4.78 is 0. The van der Waals surface area contributed by atoms with Crippen LogP contribution in [0.5, 0.6) is 0 Å². The molecule has 1 saturated heterocycles. The van der Waals surface area contributed by atoms with E-state index in [0.717, 1.165) is 19.5 Å². The Balaban J connectivity index is 1.78. The van der Waals surface area contributed by atoms with Crippen molar-refractivity contribution in [3.05, 3.63) is 65.4 Å². The van der Waals surface area contributed by atoms with Crippen LogP contribution in [0.3, 0.4) is 0 Å². The lowest BCUT2D eigenvalue weighted by molar-refractivity contribution is 0.268. The molecule has 0 unspecified atom stereocenters. The maximum Gasteiger partial charge on any atom is 0.0525 e. The minimum absolute atomic E-state index is 1.00. The molecule has 3 rings (SSSR count). The average molecular weight is 252 g/mol. The molecule has 2 nitrogen and oxygen atoms in total. The van der Waals surface area contributed by atoms with Crippen molar-refractivity contribution < 1.29 is 0 Å². The van der Waals surface area contributed by atoms with Gasteiger partial charge < -0.3 is 5.43 Å². The maximum atomic E-state index is 3.56. The summed E-state index contributed by atoms with van der Waals surface area (Å²) in [4.78, 5) is 0. The smallest absolute Gasteiger partial charge is 0.0525 e. The molecule has 0 radical (unpaired) electrons. The van der Waals surface area contributed by atoms with Crippen molar-refractivity contribution in [2.24, 2.45) is 0 Å². The van der Waals surface area contributed by atoms with E-state index in [4.69, 9.17) is 0 Å². The summed E-state index contributed by atoms with van der Waals surface area (Å²) in [5, 5.41) is 2.32. The number of hydrogen-bond acceptors (Lipinski definition) is 2. The zero-order chi connectivity index (χ0) is 12.9. The Morgan fingerprint density at radius 1 is 1.05 bits per heavy atom. The second-order valence-electron chi connectivity index (χ2n) is 5.10. The van der Waals surface area contributed by atoms with E-state index in [1.165, 1.54) is 29.7 Å². The topological polar surface area (TPSA) is 15.3 Å². The quantitative estimate of drug-likeness (QED) is 0.885. The molecular formula is C17H20N2. The Labute approximate surface area is 115 Å². The maximum absolute atomic E-state index is 3.56. The fourth-order valence-corrected chi connectivity index (χ4v) is 2.57. The van der Waals surface area contributed by atoms with Crippen LogP contribution in [0.1, 0.15) is 24.8 Å². The van der Waals surface area contributed by atoms with Crippen LogP contribution >= 0.6 is 0 Å². The largest absolute Gasteiger partial charge is 0.319 e. The summed E-state index contributed by atoms with van der Waals surface area (Å²) in [6.45, 7) is 2.30. The summed E-state index contributed by atoms with van der Waals surface area (Å²) in [6, 6.07) is 10.5. The van der Waals surface area contributed by atoms with Gasteiger partial charge in [0.15, 0.2) is 0 Å². The molecule has 19 heavy (non-hydrogen) atoms. The molecule has 0 spiro atoms. The highest BCUT2D eigenvalue weighted by Gasteiger charge is 2.14. The first-order chi connectivity index (χ1) is 9.42. The lowest BCUT2D eigenvalue weighted by Gasteiger charge is -2.23. The van der Waals surface area contributed by atoms with E-state index in [0.29, 0.717) is 0 Å². The summed E-state index contributed by atoms with van der Waals surface area (Å²) in [7, 11) is 0. The van der Waals surface area contributed by atoms with Gasteiger partial charge in [0.1, 0.15) is 0 Å². The molecule has 0 amide bonds. The van der Waals surface area contributed by atoms with Crippen molar-refractivity contribution in [1.29, 1.82) is 0 Å². The third kappa shape index (κ3) is 3.15. The number of hydrazine groups is 1. The van der Waals surface area contributed by atoms with Crippen LogP contribution in [-0.2, 0) is 0 Å². The molecule has 1 aliphatic carbocycles. The van der Waals surface area contributed by atoms with E-state index in [1.54, 1.807) is 0 Å². The van der Waals surface area contributed by atoms with E-state index >= 15 is 0 Å². The molecule has 0 bridgehead atoms. The highest BCUT2D eigenvalue weighted by molar-refractivity contribution is 5.59. The van der Waals surface area contributed by atoms with Crippen molar-refractivity contribution in [1.82, 2.24) is 10.4 Å². The lowest BCUT2D eigenvalue weighted by atomic mass is 10.0. The molecule has 1 aromatic rings. The Bertz CT molecular complexity index is 505. The fourth-order valence-electron chi connectivity index (χ4n) is 2.57. The number of rotatable bonds is 3. The summed E-state index contributed by atoms with van der Waals surface area (Å²) >= 11 is 0. The van der Waals surface area contributed by atoms with Crippen molar-refractivity contribution in [3.8, 4) is 0 Å². The van der Waals surface area contributed by atoms with Crippen LogP contribution in [0, 0.1) is 0 Å². The number of hydrogen-bond donors (Lipinski definition) is 1. The zero-order valence-corrected chi connectivity index (χ0v) is 11.2. The summed E-state index contributed by atoms with van der Waals surface area (Å²) in [6.07, 6.45) is 12.4. The predicted octanol–water partition coefficient (Wildman–Crippen LogP) is 3.51. The third-order valence-corrected chi connectivity index (χ3v) is 3.61. The predicted molar refractivity (Wildman–Crippen MR) is 80.2 cm³/mol. The zero-order valence-electron chi connectivity index (χ0n) is 11.2. The van der Waals surface area contributed by atoms with E-state index in [1.807, 2.05) is 0 Å². The third-order valence-electron chi connectivity index (χ3n) is 3.61. The van der Waals surface area contributed by atoms with E-state index in [9.17, 15) is 0 Å². The van der Waals surface area contributed by atoms with Gasteiger partial charge in [-0.1, -0.05) is 42.5 Å². The molecule has 1 fully saturated rings. The highest BCUT2D eigenvalue weighted by atomic mass is 15.5. The number of benzene rings is 1. The Kier molecular flexibility index (Phi) is 3.80. The first kappa shape index (κ1) is 12.2. The Morgan fingerprint density at radius 2 is 1.84 bits per heavy atom. The van der Waals surface area contributed by atoms with Crippen LogP contribution in [0.2, 0.25) is 0 Å². The van der Waals surface area contributed by atoms with Crippen molar-refractivity contribution in [2.45, 2.75) is 19.3 Å². The van der Waals surface area contributed by atoms with Gasteiger partial charge in [-0.2, -0.15) is 0 Å². The number of nitrogens with zero attached hydrogens (tertiary/aromatic N) is 1. The van der Waals surface area contributed by atoms with Crippen LogP contribution < -0.4 is 5.43 Å². The molecule has 0 aromatic heterocycles. The van der Waals surface area contributed by atoms with Gasteiger partial charge in [0.25, 0.3) is 0 Å². The molecule has 98 valence electrons. The molecule has 2 aliphatic rings. The fraction of sp³-hybridized carbons (Fsp3) is 0.294. The molecule has 0 saturated carbocycles. The molecule has 2 heteroatoms. The number of allylic oxidation sites excluding steroid dienone is 4. The normalized spacial score (nSPS) is 21.7. The standard InChI is InChI=1S/C17H20N2/c1-2-8-15(9-3-1)14-16-10-4-5-11-17(16)18-19-12-6-7-13-19/h1-5,8-9,11,14,18H,6-7,10,12-13H2. The van der Waals surface area contributed by atoms with Gasteiger partial charge in [-0.3, -0.25) is 0 Å². The molecule has 1 N–H and O–H groups in total. The second kappa shape index (κ2) is 5.89. The van der Waals surface area contributed by atoms with Gasteiger partial charge in [-0.25, -0.2) is 5.01 Å². The Morgan fingerprint density at radius 3 is 2.63 bits per heavy atom. The lowest BCUT2D eigenvalue weighted by Crippen LogP contribution is -2.35. The monoisotopic (exact) mass is 252 g/mol. The van der Waals surface area contributed by atoms with Gasteiger partial charge in [0.05, 0.1) is 5.70 Å². The average Bonchev–Trinajstić information content (AvgIpc) is 2.95. The van der Waals surface area contributed by atoms with E-state index in [-0.39, 0.29) is 0 Å². The van der Waals surface area contributed by atoms with Gasteiger partial charge in [0.2, 0.25) is 0 Å².